The predicted octanol–water partition coefficient (Wildman–Crippen LogP) is 5.03. The fraction of sp³-hybridized carbons (Fsp3) is 0.241. The second kappa shape index (κ2) is 12.2. The molecule has 0 unspecified atom stereocenters. The number of terminal acetylenes is 1. The molecule has 41 heavy (non-hydrogen) atoms. The third-order valence-corrected chi connectivity index (χ3v) is 6.62. The fourth-order valence-corrected chi connectivity index (χ4v) is 4.57. The van der Waals surface area contributed by atoms with E-state index in [-0.39, 0.29) is 30.7 Å². The number of benzene rings is 2. The molecule has 0 amide bonds. The number of carbonyl (C=O) groups excluding carboxylic acids is 2. The standard InChI is InChI=1S/C29H25ClN4O7/c1-2-29(18-39-27(35)37-16-19-9-5-3-6-10-19)22(40-28(36)38-17-20-11-7-4-8-12-20)15-23(41-29)34-14-13-21-24(31)32-26(30)33-25(21)34/h1,3-14,22-23H,15-18H2,(H2,31,32,33)/t22-,23+,29+/m0/s1. The van der Waals surface area contributed by atoms with Crippen LogP contribution in [0.5, 0.6) is 0 Å². The number of nitrogens with two attached hydrogens (primary N) is 1. The number of ether oxygens (including phenoxy) is 5. The molecule has 0 aliphatic carbocycles. The zero-order chi connectivity index (χ0) is 28.8. The highest BCUT2D eigenvalue weighted by Crippen LogP contribution is 2.41. The van der Waals surface area contributed by atoms with Gasteiger partial charge in [0.2, 0.25) is 10.9 Å². The van der Waals surface area contributed by atoms with Crippen LogP contribution in [-0.2, 0) is 36.9 Å². The van der Waals surface area contributed by atoms with Crippen molar-refractivity contribution >= 4 is 40.8 Å². The monoisotopic (exact) mass is 576 g/mol. The van der Waals surface area contributed by atoms with Crippen molar-refractivity contribution in [1.29, 1.82) is 0 Å². The summed E-state index contributed by atoms with van der Waals surface area (Å²) in [5, 5.41) is 0.481. The molecule has 3 atom stereocenters. The Labute approximate surface area is 240 Å². The molecule has 0 spiro atoms. The molecule has 12 heteroatoms. The lowest BCUT2D eigenvalue weighted by Crippen LogP contribution is -2.45. The van der Waals surface area contributed by atoms with Gasteiger partial charge in [-0.05, 0) is 28.8 Å². The maximum Gasteiger partial charge on any atom is 0.509 e. The van der Waals surface area contributed by atoms with Crippen molar-refractivity contribution in [3.05, 3.63) is 89.3 Å². The summed E-state index contributed by atoms with van der Waals surface area (Å²) in [5.41, 5.74) is 6.24. The lowest BCUT2D eigenvalue weighted by molar-refractivity contribution is -0.106. The number of fused-ring (bicyclic) bond motifs is 1. The van der Waals surface area contributed by atoms with Crippen LogP contribution in [0.2, 0.25) is 5.28 Å². The minimum atomic E-state index is -1.68. The van der Waals surface area contributed by atoms with Gasteiger partial charge in [-0.15, -0.1) is 6.42 Å². The van der Waals surface area contributed by atoms with E-state index < -0.39 is 36.9 Å². The highest BCUT2D eigenvalue weighted by atomic mass is 35.5. The van der Waals surface area contributed by atoms with Gasteiger partial charge in [0.05, 0.1) is 5.39 Å². The topological polar surface area (TPSA) is 137 Å². The molecule has 4 aromatic rings. The molecule has 210 valence electrons. The smallest absolute Gasteiger partial charge is 0.430 e. The summed E-state index contributed by atoms with van der Waals surface area (Å²) in [4.78, 5) is 33.4. The van der Waals surface area contributed by atoms with Crippen LogP contribution in [-0.4, -0.2) is 45.2 Å². The maximum absolute atomic E-state index is 12.7. The van der Waals surface area contributed by atoms with Crippen LogP contribution in [0.4, 0.5) is 15.4 Å². The lowest BCUT2D eigenvalue weighted by Gasteiger charge is -2.28. The van der Waals surface area contributed by atoms with Crippen LogP contribution >= 0.6 is 11.6 Å². The van der Waals surface area contributed by atoms with Crippen LogP contribution in [0.1, 0.15) is 23.8 Å². The molecule has 1 aliphatic rings. The number of aromatic nitrogens is 3. The van der Waals surface area contributed by atoms with Gasteiger partial charge < -0.3 is 34.0 Å². The Morgan fingerprint density at radius 2 is 1.63 bits per heavy atom. The Morgan fingerprint density at radius 1 is 1.00 bits per heavy atom. The summed E-state index contributed by atoms with van der Waals surface area (Å²) < 4.78 is 29.3. The largest absolute Gasteiger partial charge is 0.509 e. The van der Waals surface area contributed by atoms with Gasteiger partial charge >= 0.3 is 12.3 Å². The van der Waals surface area contributed by atoms with Gasteiger partial charge in [-0.1, -0.05) is 66.6 Å². The summed E-state index contributed by atoms with van der Waals surface area (Å²) in [6.07, 6.45) is 3.83. The lowest BCUT2D eigenvalue weighted by atomic mass is 9.98. The average molecular weight is 577 g/mol. The van der Waals surface area contributed by atoms with Crippen molar-refractivity contribution in [3.8, 4) is 12.3 Å². The number of anilines is 1. The molecular formula is C29H25ClN4O7. The highest BCUT2D eigenvalue weighted by Gasteiger charge is 2.52. The summed E-state index contributed by atoms with van der Waals surface area (Å²) >= 11 is 6.04. The quantitative estimate of drug-likeness (QED) is 0.173. The molecule has 1 saturated heterocycles. The molecule has 1 fully saturated rings. The van der Waals surface area contributed by atoms with Gasteiger partial charge in [-0.25, -0.2) is 14.6 Å². The van der Waals surface area contributed by atoms with Crippen molar-refractivity contribution in [2.24, 2.45) is 0 Å². The second-order valence-corrected chi connectivity index (χ2v) is 9.46. The molecule has 1 aliphatic heterocycles. The van der Waals surface area contributed by atoms with E-state index in [1.165, 1.54) is 0 Å². The first-order valence-corrected chi connectivity index (χ1v) is 12.9. The minimum Gasteiger partial charge on any atom is -0.430 e. The Hall–Kier alpha value is -4.79. The summed E-state index contributed by atoms with van der Waals surface area (Å²) in [5.74, 6) is 2.70. The zero-order valence-electron chi connectivity index (χ0n) is 21.6. The number of rotatable bonds is 8. The fourth-order valence-electron chi connectivity index (χ4n) is 4.40. The molecule has 2 aromatic heterocycles. The van der Waals surface area contributed by atoms with Gasteiger partial charge in [-0.2, -0.15) is 4.98 Å². The average Bonchev–Trinajstić information content (AvgIpc) is 3.57. The first-order valence-electron chi connectivity index (χ1n) is 12.5. The van der Waals surface area contributed by atoms with Gasteiger partial charge in [0.15, 0.2) is 6.10 Å². The molecule has 0 saturated carbocycles. The molecule has 2 N–H and O–H groups in total. The van der Waals surface area contributed by atoms with E-state index in [4.69, 9.17) is 47.4 Å². The maximum atomic E-state index is 12.7. The molecule has 0 radical (unpaired) electrons. The molecule has 11 nitrogen and oxygen atoms in total. The Kier molecular flexibility index (Phi) is 8.24. The third kappa shape index (κ3) is 6.35. The Bertz CT molecular complexity index is 1570. The van der Waals surface area contributed by atoms with E-state index in [0.717, 1.165) is 11.1 Å². The highest BCUT2D eigenvalue weighted by molar-refractivity contribution is 6.28. The molecular weight excluding hydrogens is 552 g/mol. The Morgan fingerprint density at radius 3 is 2.27 bits per heavy atom. The SMILES string of the molecule is C#C[C@]1(COC(=O)OCc2ccccc2)O[C@@H](n2ccc3c(N)nc(Cl)nc32)C[C@@H]1OC(=O)OCc1ccccc1. The van der Waals surface area contributed by atoms with E-state index >= 15 is 0 Å². The van der Waals surface area contributed by atoms with Crippen molar-refractivity contribution in [2.45, 2.75) is 37.6 Å². The van der Waals surface area contributed by atoms with Crippen LogP contribution in [0.3, 0.4) is 0 Å². The number of hydrogen-bond acceptors (Lipinski definition) is 10. The van der Waals surface area contributed by atoms with E-state index in [1.54, 1.807) is 41.1 Å². The number of hydrogen-bond donors (Lipinski definition) is 1. The van der Waals surface area contributed by atoms with Crippen LogP contribution in [0.25, 0.3) is 11.0 Å². The van der Waals surface area contributed by atoms with Gasteiger partial charge in [0.1, 0.15) is 37.5 Å². The van der Waals surface area contributed by atoms with E-state index in [9.17, 15) is 9.59 Å². The molecule has 5 rings (SSSR count). The van der Waals surface area contributed by atoms with Crippen molar-refractivity contribution < 1.29 is 33.3 Å². The predicted molar refractivity (Wildman–Crippen MR) is 147 cm³/mol. The summed E-state index contributed by atoms with van der Waals surface area (Å²) in [7, 11) is 0. The van der Waals surface area contributed by atoms with Gasteiger partial charge in [0.25, 0.3) is 0 Å². The number of nitrogen functional groups attached to an aromatic ring is 1. The molecule has 2 aromatic carbocycles. The van der Waals surface area contributed by atoms with Crippen LogP contribution in [0, 0.1) is 12.3 Å². The normalized spacial score (nSPS) is 19.8. The third-order valence-electron chi connectivity index (χ3n) is 6.45. The zero-order valence-corrected chi connectivity index (χ0v) is 22.4. The second-order valence-electron chi connectivity index (χ2n) is 9.12. The van der Waals surface area contributed by atoms with Crippen LogP contribution < -0.4 is 5.73 Å². The van der Waals surface area contributed by atoms with Gasteiger partial charge in [0, 0.05) is 12.6 Å². The molecule has 3 heterocycles. The van der Waals surface area contributed by atoms with Crippen molar-refractivity contribution in [1.82, 2.24) is 14.5 Å². The van der Waals surface area contributed by atoms with E-state index in [2.05, 4.69) is 15.9 Å². The Balaban J connectivity index is 1.33. The number of halogens is 1. The number of carbonyl (C=O) groups is 2. The van der Waals surface area contributed by atoms with Crippen molar-refractivity contribution in [3.63, 3.8) is 0 Å². The van der Waals surface area contributed by atoms with Crippen molar-refractivity contribution in [2.75, 3.05) is 12.3 Å². The molecule has 0 bridgehead atoms. The van der Waals surface area contributed by atoms with E-state index in [0.29, 0.717) is 11.0 Å². The van der Waals surface area contributed by atoms with Gasteiger partial charge in [-0.3, -0.25) is 0 Å². The van der Waals surface area contributed by atoms with E-state index in [1.807, 2.05) is 36.4 Å². The summed E-state index contributed by atoms with van der Waals surface area (Å²) in [6, 6.07) is 19.9. The summed E-state index contributed by atoms with van der Waals surface area (Å²) in [6.45, 7) is -0.491. The van der Waals surface area contributed by atoms with Crippen LogP contribution in [0.15, 0.2) is 72.9 Å². The number of nitrogens with zero attached hydrogens (tertiary/aromatic N) is 3. The first kappa shape index (κ1) is 27.8. The first-order chi connectivity index (χ1) is 19.9. The minimum absolute atomic E-state index is 0.00477.